The van der Waals surface area contributed by atoms with E-state index < -0.39 is 11.8 Å². The molecule has 0 aliphatic rings. The third-order valence-electron chi connectivity index (χ3n) is 2.40. The molecule has 3 nitrogen and oxygen atoms in total. The number of amides is 1. The van der Waals surface area contributed by atoms with Crippen molar-refractivity contribution in [2.75, 3.05) is 0 Å². The molecule has 0 saturated carbocycles. The highest BCUT2D eigenvalue weighted by Crippen LogP contribution is 2.33. The van der Waals surface area contributed by atoms with E-state index in [0.29, 0.717) is 10.9 Å². The minimum atomic E-state index is -2.95. The first-order valence-corrected chi connectivity index (χ1v) is 4.69. The topological polar surface area (TPSA) is 58.9 Å². The van der Waals surface area contributed by atoms with Crippen LogP contribution in [-0.2, 0) is 5.92 Å². The van der Waals surface area contributed by atoms with Crippen molar-refractivity contribution in [3.05, 3.63) is 35.5 Å². The summed E-state index contributed by atoms with van der Waals surface area (Å²) in [7, 11) is 0. The van der Waals surface area contributed by atoms with Gasteiger partial charge in [0.05, 0.1) is 0 Å². The molecule has 0 bridgehead atoms. The number of carbonyl (C=O) groups is 1. The number of hydrogen-bond acceptors (Lipinski definition) is 1. The Morgan fingerprint density at radius 3 is 2.69 bits per heavy atom. The summed E-state index contributed by atoms with van der Waals surface area (Å²) in [4.78, 5) is 13.6. The van der Waals surface area contributed by atoms with Crippen molar-refractivity contribution >= 4 is 16.8 Å². The summed E-state index contributed by atoms with van der Waals surface area (Å²) >= 11 is 0. The molecule has 16 heavy (non-hydrogen) atoms. The van der Waals surface area contributed by atoms with Gasteiger partial charge in [0, 0.05) is 23.4 Å². The van der Waals surface area contributed by atoms with Gasteiger partial charge in [-0.25, -0.2) is 8.78 Å². The van der Waals surface area contributed by atoms with Gasteiger partial charge in [-0.15, -0.1) is 0 Å². The SMILES string of the molecule is CC(F)(F)c1cccc2[nH]c(C(N)=O)cc12. The molecule has 3 N–H and O–H groups in total. The second-order valence-corrected chi connectivity index (χ2v) is 3.70. The van der Waals surface area contributed by atoms with Gasteiger partial charge in [0.2, 0.25) is 0 Å². The van der Waals surface area contributed by atoms with Crippen LogP contribution in [0.3, 0.4) is 0 Å². The van der Waals surface area contributed by atoms with Gasteiger partial charge in [-0.1, -0.05) is 12.1 Å². The van der Waals surface area contributed by atoms with Gasteiger partial charge in [0.1, 0.15) is 5.69 Å². The highest BCUT2D eigenvalue weighted by atomic mass is 19.3. The zero-order chi connectivity index (χ0) is 11.9. The van der Waals surface area contributed by atoms with Gasteiger partial charge in [-0.3, -0.25) is 4.79 Å². The number of fused-ring (bicyclic) bond motifs is 1. The number of nitrogens with two attached hydrogens (primary N) is 1. The van der Waals surface area contributed by atoms with Crippen LogP contribution in [0.4, 0.5) is 8.78 Å². The standard InChI is InChI=1S/C11H10F2N2O/c1-11(12,13)7-3-2-4-8-6(7)5-9(15-8)10(14)16/h2-5,15H,1H3,(H2,14,16). The van der Waals surface area contributed by atoms with Crippen molar-refractivity contribution in [1.29, 1.82) is 0 Å². The largest absolute Gasteiger partial charge is 0.364 e. The summed E-state index contributed by atoms with van der Waals surface area (Å²) < 4.78 is 26.5. The molecular weight excluding hydrogens is 214 g/mol. The Labute approximate surface area is 90.2 Å². The van der Waals surface area contributed by atoms with Crippen molar-refractivity contribution in [2.24, 2.45) is 5.73 Å². The summed E-state index contributed by atoms with van der Waals surface area (Å²) in [6, 6.07) is 5.82. The average molecular weight is 224 g/mol. The molecule has 0 fully saturated rings. The Kier molecular flexibility index (Phi) is 2.18. The summed E-state index contributed by atoms with van der Waals surface area (Å²) in [6.45, 7) is 0.818. The molecule has 1 aromatic heterocycles. The van der Waals surface area contributed by atoms with Crippen molar-refractivity contribution < 1.29 is 13.6 Å². The first-order valence-electron chi connectivity index (χ1n) is 4.69. The van der Waals surface area contributed by atoms with Gasteiger partial charge >= 0.3 is 0 Å². The summed E-state index contributed by atoms with van der Waals surface area (Å²) in [6.07, 6.45) is 0. The van der Waals surface area contributed by atoms with Crippen LogP contribution in [0.2, 0.25) is 0 Å². The lowest BCUT2D eigenvalue weighted by atomic mass is 10.1. The van der Waals surface area contributed by atoms with Crippen LogP contribution in [0.5, 0.6) is 0 Å². The number of benzene rings is 1. The zero-order valence-corrected chi connectivity index (χ0v) is 8.55. The smallest absolute Gasteiger partial charge is 0.271 e. The number of halogens is 2. The number of primary amides is 1. The third-order valence-corrected chi connectivity index (χ3v) is 2.40. The van der Waals surface area contributed by atoms with E-state index in [1.165, 1.54) is 18.2 Å². The highest BCUT2D eigenvalue weighted by Gasteiger charge is 2.27. The second-order valence-electron chi connectivity index (χ2n) is 3.70. The molecule has 0 aliphatic heterocycles. The zero-order valence-electron chi connectivity index (χ0n) is 8.55. The van der Waals surface area contributed by atoms with Crippen LogP contribution in [0.25, 0.3) is 10.9 Å². The Morgan fingerprint density at radius 1 is 1.44 bits per heavy atom. The Balaban J connectivity index is 2.73. The van der Waals surface area contributed by atoms with Gasteiger partial charge in [0.15, 0.2) is 0 Å². The third kappa shape index (κ3) is 1.64. The molecule has 0 saturated heterocycles. The fourth-order valence-corrected chi connectivity index (χ4v) is 1.67. The predicted molar refractivity (Wildman–Crippen MR) is 56.4 cm³/mol. The fourth-order valence-electron chi connectivity index (χ4n) is 1.67. The maximum atomic E-state index is 13.3. The number of carbonyl (C=O) groups excluding carboxylic acids is 1. The molecule has 2 rings (SSSR count). The van der Waals surface area contributed by atoms with Crippen molar-refractivity contribution in [3.63, 3.8) is 0 Å². The van der Waals surface area contributed by atoms with E-state index in [2.05, 4.69) is 4.98 Å². The minimum Gasteiger partial charge on any atom is -0.364 e. The molecule has 5 heteroatoms. The molecule has 1 aromatic carbocycles. The molecule has 0 atom stereocenters. The number of alkyl halides is 2. The summed E-state index contributed by atoms with van der Waals surface area (Å²) in [5.41, 5.74) is 5.57. The number of hydrogen-bond donors (Lipinski definition) is 2. The van der Waals surface area contributed by atoms with E-state index in [-0.39, 0.29) is 11.3 Å². The molecule has 0 aliphatic carbocycles. The van der Waals surface area contributed by atoms with Crippen molar-refractivity contribution in [3.8, 4) is 0 Å². The molecule has 0 spiro atoms. The number of H-pyrrole nitrogens is 1. The van der Waals surface area contributed by atoms with Gasteiger partial charge in [-0.05, 0) is 12.1 Å². The highest BCUT2D eigenvalue weighted by molar-refractivity contribution is 5.98. The van der Waals surface area contributed by atoms with Gasteiger partial charge in [-0.2, -0.15) is 0 Å². The average Bonchev–Trinajstić information content (AvgIpc) is 2.58. The number of aromatic amines is 1. The van der Waals surface area contributed by atoms with E-state index in [4.69, 9.17) is 5.73 Å². The lowest BCUT2D eigenvalue weighted by Crippen LogP contribution is -2.10. The summed E-state index contributed by atoms with van der Waals surface area (Å²) in [5.74, 6) is -3.61. The van der Waals surface area contributed by atoms with Crippen LogP contribution < -0.4 is 5.73 Å². The summed E-state index contributed by atoms with van der Waals surface area (Å²) in [5, 5.41) is 0.323. The number of rotatable bonds is 2. The van der Waals surface area contributed by atoms with Crippen LogP contribution in [0, 0.1) is 0 Å². The number of aromatic nitrogens is 1. The lowest BCUT2D eigenvalue weighted by molar-refractivity contribution is 0.0191. The molecule has 0 unspecified atom stereocenters. The van der Waals surface area contributed by atoms with E-state index in [0.717, 1.165) is 6.92 Å². The van der Waals surface area contributed by atoms with E-state index in [9.17, 15) is 13.6 Å². The minimum absolute atomic E-state index is 0.117. The van der Waals surface area contributed by atoms with E-state index in [1.54, 1.807) is 6.07 Å². The predicted octanol–water partition coefficient (Wildman–Crippen LogP) is 2.38. The van der Waals surface area contributed by atoms with Crippen molar-refractivity contribution in [2.45, 2.75) is 12.8 Å². The van der Waals surface area contributed by atoms with Crippen molar-refractivity contribution in [1.82, 2.24) is 4.98 Å². The van der Waals surface area contributed by atoms with Gasteiger partial charge in [0.25, 0.3) is 11.8 Å². The Hall–Kier alpha value is -1.91. The molecule has 2 aromatic rings. The monoisotopic (exact) mass is 224 g/mol. The lowest BCUT2D eigenvalue weighted by Gasteiger charge is -2.11. The molecule has 0 radical (unpaired) electrons. The van der Waals surface area contributed by atoms with E-state index >= 15 is 0 Å². The fraction of sp³-hybridized carbons (Fsp3) is 0.182. The molecule has 1 heterocycles. The van der Waals surface area contributed by atoms with E-state index in [1.807, 2.05) is 0 Å². The van der Waals surface area contributed by atoms with Crippen LogP contribution in [0.1, 0.15) is 23.0 Å². The van der Waals surface area contributed by atoms with Crippen LogP contribution in [-0.4, -0.2) is 10.9 Å². The molecular formula is C11H10F2N2O. The molecule has 84 valence electrons. The van der Waals surface area contributed by atoms with Crippen LogP contribution in [0.15, 0.2) is 24.3 Å². The van der Waals surface area contributed by atoms with Gasteiger partial charge < -0.3 is 10.7 Å². The second kappa shape index (κ2) is 3.30. The normalized spacial score (nSPS) is 11.9. The van der Waals surface area contributed by atoms with Crippen LogP contribution >= 0.6 is 0 Å². The number of nitrogens with one attached hydrogen (secondary N) is 1. The maximum Gasteiger partial charge on any atom is 0.271 e. The maximum absolute atomic E-state index is 13.3. The Bertz CT molecular complexity index is 555. The first-order chi connectivity index (χ1) is 7.39. The Morgan fingerprint density at radius 2 is 2.12 bits per heavy atom. The molecule has 1 amide bonds. The first kappa shape index (κ1) is 10.6. The quantitative estimate of drug-likeness (QED) is 0.808.